The van der Waals surface area contributed by atoms with Crippen LogP contribution in [0.3, 0.4) is 0 Å². The topological polar surface area (TPSA) is 88.5 Å². The van der Waals surface area contributed by atoms with Crippen LogP contribution in [0.25, 0.3) is 17.0 Å². The lowest BCUT2D eigenvalue weighted by atomic mass is 10.2. The molecule has 4 aromatic rings. The van der Waals surface area contributed by atoms with Crippen molar-refractivity contribution in [3.05, 3.63) is 77.1 Å². The van der Waals surface area contributed by atoms with Gasteiger partial charge in [-0.15, -0.1) is 0 Å². The molecule has 1 amide bonds. The van der Waals surface area contributed by atoms with Gasteiger partial charge in [-0.05, 0) is 36.2 Å². The predicted molar refractivity (Wildman–Crippen MR) is 122 cm³/mol. The summed E-state index contributed by atoms with van der Waals surface area (Å²) in [4.78, 5) is 23.9. The van der Waals surface area contributed by atoms with E-state index in [4.69, 9.17) is 15.7 Å². The van der Waals surface area contributed by atoms with Crippen LogP contribution in [-0.4, -0.2) is 33.9 Å². The molecular formula is C24H24N6O. The second-order valence-corrected chi connectivity index (χ2v) is 7.92. The van der Waals surface area contributed by atoms with Crippen molar-refractivity contribution >= 4 is 22.9 Å². The van der Waals surface area contributed by atoms with Crippen molar-refractivity contribution in [2.75, 3.05) is 23.8 Å². The molecule has 0 bridgehead atoms. The van der Waals surface area contributed by atoms with Gasteiger partial charge < -0.3 is 20.4 Å². The zero-order valence-corrected chi connectivity index (χ0v) is 17.6. The van der Waals surface area contributed by atoms with E-state index in [1.807, 2.05) is 47.9 Å². The summed E-state index contributed by atoms with van der Waals surface area (Å²) >= 11 is 0. The molecule has 0 unspecified atom stereocenters. The van der Waals surface area contributed by atoms with E-state index < -0.39 is 5.91 Å². The van der Waals surface area contributed by atoms with Gasteiger partial charge >= 0.3 is 0 Å². The van der Waals surface area contributed by atoms with Crippen LogP contribution in [0.2, 0.25) is 0 Å². The molecule has 3 aromatic heterocycles. The molecule has 0 atom stereocenters. The number of primary amides is 1. The predicted octanol–water partition coefficient (Wildman–Crippen LogP) is 3.41. The van der Waals surface area contributed by atoms with Gasteiger partial charge in [-0.2, -0.15) is 0 Å². The molecule has 7 heteroatoms. The van der Waals surface area contributed by atoms with E-state index in [9.17, 15) is 4.79 Å². The van der Waals surface area contributed by atoms with Crippen LogP contribution >= 0.6 is 0 Å². The Morgan fingerprint density at radius 1 is 1.16 bits per heavy atom. The van der Waals surface area contributed by atoms with Crippen LogP contribution in [0.4, 0.5) is 11.5 Å². The number of likely N-dealkylation sites (N-methyl/N-ethyl adjacent to an activating group) is 1. The van der Waals surface area contributed by atoms with Gasteiger partial charge in [0.2, 0.25) is 0 Å². The number of carbonyl (C=O) groups excluding carboxylic acids is 1. The maximum atomic E-state index is 11.9. The summed E-state index contributed by atoms with van der Waals surface area (Å²) in [5.74, 6) is 1.02. The average molecular weight is 412 g/mol. The molecular weight excluding hydrogens is 388 g/mol. The van der Waals surface area contributed by atoms with Gasteiger partial charge in [-0.25, -0.2) is 9.97 Å². The van der Waals surface area contributed by atoms with Gasteiger partial charge in [-0.1, -0.05) is 30.3 Å². The van der Waals surface area contributed by atoms with Crippen molar-refractivity contribution < 1.29 is 4.79 Å². The minimum absolute atomic E-state index is 0.448. The van der Waals surface area contributed by atoms with Crippen LogP contribution < -0.4 is 16.0 Å². The molecule has 4 heterocycles. The maximum Gasteiger partial charge on any atom is 0.250 e. The highest BCUT2D eigenvalue weighted by Crippen LogP contribution is 2.36. The normalized spacial score (nSPS) is 12.9. The number of carbonyl (C=O) groups is 1. The van der Waals surface area contributed by atoms with E-state index in [0.717, 1.165) is 46.9 Å². The highest BCUT2D eigenvalue weighted by Gasteiger charge is 2.25. The van der Waals surface area contributed by atoms with Gasteiger partial charge in [0.1, 0.15) is 5.69 Å². The first-order valence-corrected chi connectivity index (χ1v) is 10.3. The van der Waals surface area contributed by atoms with Crippen molar-refractivity contribution in [1.29, 1.82) is 0 Å². The number of pyridine rings is 1. The average Bonchev–Trinajstić information content (AvgIpc) is 3.31. The van der Waals surface area contributed by atoms with E-state index in [1.54, 1.807) is 6.07 Å². The third kappa shape index (κ3) is 3.28. The van der Waals surface area contributed by atoms with Gasteiger partial charge in [0.15, 0.2) is 11.6 Å². The Bertz CT molecular complexity index is 1290. The number of nitrogens with two attached hydrogens (primary N) is 1. The van der Waals surface area contributed by atoms with Gasteiger partial charge in [-0.3, -0.25) is 4.79 Å². The Morgan fingerprint density at radius 3 is 2.74 bits per heavy atom. The van der Waals surface area contributed by atoms with Crippen LogP contribution in [0.15, 0.2) is 54.7 Å². The van der Waals surface area contributed by atoms with E-state index in [2.05, 4.69) is 29.4 Å². The first-order chi connectivity index (χ1) is 15.0. The number of anilines is 2. The van der Waals surface area contributed by atoms with Gasteiger partial charge in [0, 0.05) is 32.8 Å². The third-order valence-corrected chi connectivity index (χ3v) is 5.80. The minimum atomic E-state index is -0.448. The number of nitrogens with zero attached hydrogens (tertiary/aromatic N) is 4. The molecule has 0 radical (unpaired) electrons. The Morgan fingerprint density at radius 2 is 1.97 bits per heavy atom. The number of aromatic nitrogens is 3. The molecule has 156 valence electrons. The number of aryl methyl sites for hydroxylation is 1. The minimum Gasteiger partial charge on any atom is -0.370 e. The first kappa shape index (κ1) is 19.1. The van der Waals surface area contributed by atoms with Crippen molar-refractivity contribution in [1.82, 2.24) is 14.4 Å². The van der Waals surface area contributed by atoms with Crippen LogP contribution in [0, 0.1) is 6.92 Å². The van der Waals surface area contributed by atoms with Gasteiger partial charge in [0.05, 0.1) is 22.5 Å². The summed E-state index contributed by atoms with van der Waals surface area (Å²) in [5.41, 5.74) is 12.0. The zero-order valence-electron chi connectivity index (χ0n) is 17.6. The molecule has 0 fully saturated rings. The van der Waals surface area contributed by atoms with Crippen molar-refractivity contribution in [3.8, 4) is 11.5 Å². The molecule has 0 saturated carbocycles. The third-order valence-electron chi connectivity index (χ3n) is 5.80. The molecule has 31 heavy (non-hydrogen) atoms. The summed E-state index contributed by atoms with van der Waals surface area (Å²) in [6.07, 6.45) is 2.79. The van der Waals surface area contributed by atoms with Crippen LogP contribution in [0.5, 0.6) is 0 Å². The molecule has 5 rings (SSSR count). The summed E-state index contributed by atoms with van der Waals surface area (Å²) in [5, 5.41) is 3.52. The molecule has 1 aromatic carbocycles. The smallest absolute Gasteiger partial charge is 0.250 e. The molecule has 0 aliphatic carbocycles. The number of benzene rings is 1. The lowest BCUT2D eigenvalue weighted by Gasteiger charge is -2.18. The monoisotopic (exact) mass is 412 g/mol. The molecule has 0 saturated heterocycles. The van der Waals surface area contributed by atoms with Crippen LogP contribution in [-0.2, 0) is 13.0 Å². The van der Waals surface area contributed by atoms with E-state index >= 15 is 0 Å². The van der Waals surface area contributed by atoms with Crippen molar-refractivity contribution in [2.45, 2.75) is 19.9 Å². The maximum absolute atomic E-state index is 11.9. The lowest BCUT2D eigenvalue weighted by Crippen LogP contribution is -2.16. The summed E-state index contributed by atoms with van der Waals surface area (Å²) in [7, 11) is 2.07. The summed E-state index contributed by atoms with van der Waals surface area (Å²) < 4.78 is 1.96. The quantitative estimate of drug-likeness (QED) is 0.524. The molecule has 0 spiro atoms. The van der Waals surface area contributed by atoms with Crippen LogP contribution in [0.1, 0.15) is 27.2 Å². The standard InChI is InChI=1S/C24H24N6O/c1-15-13-19-17(22(25)31)9-6-11-30(19)20(15)24-27-18-10-12-29(2)21(18)23(28-24)26-14-16-7-4-3-5-8-16/h3-9,11,13H,10,12,14H2,1-2H3,(H2,25,31)(H,26,27,28). The number of hydrogen-bond donors (Lipinski definition) is 2. The Hall–Kier alpha value is -3.87. The molecule has 1 aliphatic heterocycles. The van der Waals surface area contributed by atoms with E-state index in [0.29, 0.717) is 17.9 Å². The molecule has 7 nitrogen and oxygen atoms in total. The Labute approximate surface area is 180 Å². The fourth-order valence-electron chi connectivity index (χ4n) is 4.29. The second-order valence-electron chi connectivity index (χ2n) is 7.92. The lowest BCUT2D eigenvalue weighted by molar-refractivity contribution is 0.100. The number of fused-ring (bicyclic) bond motifs is 2. The highest BCUT2D eigenvalue weighted by atomic mass is 16.1. The number of rotatable bonds is 5. The van der Waals surface area contributed by atoms with E-state index in [1.165, 1.54) is 5.56 Å². The fourth-order valence-corrected chi connectivity index (χ4v) is 4.29. The largest absolute Gasteiger partial charge is 0.370 e. The van der Waals surface area contributed by atoms with Gasteiger partial charge in [0.25, 0.3) is 5.91 Å². The Kier molecular flexibility index (Phi) is 4.58. The zero-order chi connectivity index (χ0) is 21.5. The summed E-state index contributed by atoms with van der Waals surface area (Å²) in [6, 6.07) is 15.8. The number of hydrogen-bond acceptors (Lipinski definition) is 5. The van der Waals surface area contributed by atoms with Crippen molar-refractivity contribution in [2.24, 2.45) is 5.73 Å². The highest BCUT2D eigenvalue weighted by molar-refractivity contribution is 6.00. The molecule has 3 N–H and O–H groups in total. The van der Waals surface area contributed by atoms with Crippen molar-refractivity contribution in [3.63, 3.8) is 0 Å². The van der Waals surface area contributed by atoms with E-state index in [-0.39, 0.29) is 0 Å². The fraction of sp³-hybridized carbons (Fsp3) is 0.208. The first-order valence-electron chi connectivity index (χ1n) is 10.3. The number of nitrogens with one attached hydrogen (secondary N) is 1. The summed E-state index contributed by atoms with van der Waals surface area (Å²) in [6.45, 7) is 3.59. The molecule has 1 aliphatic rings. The Balaban J connectivity index is 1.63. The second kappa shape index (κ2) is 7.43. The number of amides is 1. The SMILES string of the molecule is Cc1cc2c(C(N)=O)cccn2c1-c1nc2c(c(NCc3ccccc3)n1)N(C)CC2.